The first kappa shape index (κ1) is 26.3. The molecule has 6 aromatic rings. The van der Waals surface area contributed by atoms with E-state index in [0.717, 1.165) is 32.6 Å². The number of amides is 1. The first-order valence-electron chi connectivity index (χ1n) is 13.3. The standard InChI is InChI=1S/C33H26N4O3S/c1-3-27(31(38)37-33-36-25-16-14-20(2)18-28(25)41-33)40-32(39)23-15-17-24-26(19-23)35-30(22-12-8-5-9-13-22)29(34-24)21-10-6-4-7-11-21/h4-19,27H,3H2,1-2H3,(H,36,37,38). The van der Waals surface area contributed by atoms with Crippen molar-refractivity contribution in [3.8, 4) is 22.5 Å². The second-order valence-electron chi connectivity index (χ2n) is 9.64. The Hall–Kier alpha value is -4.95. The lowest BCUT2D eigenvalue weighted by Gasteiger charge is -2.15. The van der Waals surface area contributed by atoms with Gasteiger partial charge in [0.1, 0.15) is 0 Å². The summed E-state index contributed by atoms with van der Waals surface area (Å²) in [5.41, 5.74) is 6.76. The van der Waals surface area contributed by atoms with Gasteiger partial charge in [0.2, 0.25) is 0 Å². The molecule has 0 fully saturated rings. The third-order valence-electron chi connectivity index (χ3n) is 6.68. The van der Waals surface area contributed by atoms with Gasteiger partial charge in [-0.3, -0.25) is 10.1 Å². The quantitative estimate of drug-likeness (QED) is 0.205. The normalized spacial score (nSPS) is 11.9. The molecule has 0 radical (unpaired) electrons. The summed E-state index contributed by atoms with van der Waals surface area (Å²) in [6.45, 7) is 3.80. The van der Waals surface area contributed by atoms with Crippen LogP contribution in [0.3, 0.4) is 0 Å². The zero-order valence-corrected chi connectivity index (χ0v) is 23.3. The number of benzene rings is 4. The lowest BCUT2D eigenvalue weighted by atomic mass is 10.0. The second kappa shape index (κ2) is 11.3. The van der Waals surface area contributed by atoms with Crippen LogP contribution in [0, 0.1) is 6.92 Å². The van der Waals surface area contributed by atoms with Crippen molar-refractivity contribution in [2.45, 2.75) is 26.4 Å². The zero-order valence-electron chi connectivity index (χ0n) is 22.5. The van der Waals surface area contributed by atoms with E-state index in [1.807, 2.05) is 85.8 Å². The first-order valence-corrected chi connectivity index (χ1v) is 14.1. The molecule has 8 heteroatoms. The Morgan fingerprint density at radius 2 is 1.41 bits per heavy atom. The molecule has 0 aliphatic heterocycles. The average Bonchev–Trinajstić information content (AvgIpc) is 3.40. The maximum Gasteiger partial charge on any atom is 0.338 e. The number of esters is 1. The number of carbonyl (C=O) groups is 2. The number of nitrogens with zero attached hydrogens (tertiary/aromatic N) is 3. The molecule has 0 saturated carbocycles. The van der Waals surface area contributed by atoms with E-state index in [4.69, 9.17) is 14.7 Å². The van der Waals surface area contributed by atoms with Crippen LogP contribution < -0.4 is 5.32 Å². The molecule has 0 saturated heterocycles. The van der Waals surface area contributed by atoms with E-state index in [1.54, 1.807) is 25.1 Å². The highest BCUT2D eigenvalue weighted by atomic mass is 32.1. The summed E-state index contributed by atoms with van der Waals surface area (Å²) in [6, 6.07) is 30.7. The molecule has 2 heterocycles. The number of carbonyl (C=O) groups excluding carboxylic acids is 2. The van der Waals surface area contributed by atoms with E-state index in [0.29, 0.717) is 33.8 Å². The van der Waals surface area contributed by atoms with Gasteiger partial charge in [0, 0.05) is 11.1 Å². The summed E-state index contributed by atoms with van der Waals surface area (Å²) in [7, 11) is 0. The molecule has 1 N–H and O–H groups in total. The maximum absolute atomic E-state index is 13.2. The minimum Gasteiger partial charge on any atom is -0.449 e. The van der Waals surface area contributed by atoms with E-state index in [-0.39, 0.29) is 0 Å². The highest BCUT2D eigenvalue weighted by molar-refractivity contribution is 7.22. The van der Waals surface area contributed by atoms with Crippen molar-refractivity contribution in [2.75, 3.05) is 5.32 Å². The van der Waals surface area contributed by atoms with Gasteiger partial charge in [-0.1, -0.05) is 85.0 Å². The molecule has 0 aliphatic carbocycles. The molecule has 1 amide bonds. The average molecular weight is 559 g/mol. The SMILES string of the molecule is CCC(OC(=O)c1ccc2nc(-c3ccccc3)c(-c3ccccc3)nc2c1)C(=O)Nc1nc2ccc(C)cc2s1. The van der Waals surface area contributed by atoms with Crippen LogP contribution in [0.15, 0.2) is 97.1 Å². The van der Waals surface area contributed by atoms with Gasteiger partial charge in [-0.25, -0.2) is 19.7 Å². The van der Waals surface area contributed by atoms with Crippen molar-refractivity contribution >= 4 is 49.6 Å². The minimum atomic E-state index is -0.974. The van der Waals surface area contributed by atoms with Crippen molar-refractivity contribution in [1.29, 1.82) is 0 Å². The van der Waals surface area contributed by atoms with Crippen LogP contribution in [0.4, 0.5) is 5.13 Å². The number of hydrogen-bond acceptors (Lipinski definition) is 7. The summed E-state index contributed by atoms with van der Waals surface area (Å²) in [5.74, 6) is -1.03. The number of nitrogens with one attached hydrogen (secondary N) is 1. The minimum absolute atomic E-state index is 0.292. The molecule has 0 bridgehead atoms. The van der Waals surface area contributed by atoms with Gasteiger partial charge < -0.3 is 4.74 Å². The molecule has 0 aliphatic rings. The van der Waals surface area contributed by atoms with Crippen LogP contribution in [-0.4, -0.2) is 32.9 Å². The fourth-order valence-electron chi connectivity index (χ4n) is 4.57. The fraction of sp³-hybridized carbons (Fsp3) is 0.121. The molecule has 2 aromatic heterocycles. The topological polar surface area (TPSA) is 94.1 Å². The highest BCUT2D eigenvalue weighted by Gasteiger charge is 2.24. The molecule has 7 nitrogen and oxygen atoms in total. The van der Waals surface area contributed by atoms with Gasteiger partial charge in [-0.15, -0.1) is 0 Å². The fourth-order valence-corrected chi connectivity index (χ4v) is 5.53. The first-order chi connectivity index (χ1) is 20.0. The van der Waals surface area contributed by atoms with Gasteiger partial charge in [0.15, 0.2) is 11.2 Å². The molecule has 1 atom stereocenters. The van der Waals surface area contributed by atoms with Crippen LogP contribution in [0.1, 0.15) is 29.3 Å². The molecular weight excluding hydrogens is 532 g/mol. The monoisotopic (exact) mass is 558 g/mol. The van der Waals surface area contributed by atoms with Gasteiger partial charge in [-0.05, 0) is 49.2 Å². The number of hydrogen-bond donors (Lipinski definition) is 1. The van der Waals surface area contributed by atoms with Crippen molar-refractivity contribution in [3.63, 3.8) is 0 Å². The van der Waals surface area contributed by atoms with Gasteiger partial charge >= 0.3 is 5.97 Å². The number of aromatic nitrogens is 3. The Kier molecular flexibility index (Phi) is 7.22. The summed E-state index contributed by atoms with van der Waals surface area (Å²) in [5, 5.41) is 3.27. The smallest absolute Gasteiger partial charge is 0.338 e. The Balaban J connectivity index is 1.26. The lowest BCUT2D eigenvalue weighted by molar-refractivity contribution is -0.124. The number of rotatable bonds is 7. The van der Waals surface area contributed by atoms with Crippen LogP contribution in [-0.2, 0) is 9.53 Å². The number of fused-ring (bicyclic) bond motifs is 2. The van der Waals surface area contributed by atoms with E-state index < -0.39 is 18.0 Å². The van der Waals surface area contributed by atoms with Crippen molar-refractivity contribution in [3.05, 3.63) is 108 Å². The zero-order chi connectivity index (χ0) is 28.3. The summed E-state index contributed by atoms with van der Waals surface area (Å²) < 4.78 is 6.63. The van der Waals surface area contributed by atoms with Gasteiger partial charge in [-0.2, -0.15) is 0 Å². The number of ether oxygens (including phenoxy) is 1. The van der Waals surface area contributed by atoms with E-state index in [2.05, 4.69) is 10.3 Å². The highest BCUT2D eigenvalue weighted by Crippen LogP contribution is 2.31. The molecule has 4 aromatic carbocycles. The van der Waals surface area contributed by atoms with Crippen molar-refractivity contribution < 1.29 is 14.3 Å². The second-order valence-corrected chi connectivity index (χ2v) is 10.7. The third-order valence-corrected chi connectivity index (χ3v) is 7.61. The van der Waals surface area contributed by atoms with Crippen LogP contribution in [0.5, 0.6) is 0 Å². The molecule has 202 valence electrons. The molecule has 0 spiro atoms. The predicted molar refractivity (Wildman–Crippen MR) is 163 cm³/mol. The Bertz CT molecular complexity index is 1890. The maximum atomic E-state index is 13.2. The van der Waals surface area contributed by atoms with E-state index >= 15 is 0 Å². The Morgan fingerprint density at radius 1 is 0.780 bits per heavy atom. The molecule has 6 rings (SSSR count). The molecule has 1 unspecified atom stereocenters. The van der Waals surface area contributed by atoms with Crippen molar-refractivity contribution in [2.24, 2.45) is 0 Å². The van der Waals surface area contributed by atoms with Crippen LogP contribution in [0.25, 0.3) is 43.8 Å². The summed E-state index contributed by atoms with van der Waals surface area (Å²) >= 11 is 1.38. The number of anilines is 1. The van der Waals surface area contributed by atoms with Crippen LogP contribution >= 0.6 is 11.3 Å². The lowest BCUT2D eigenvalue weighted by Crippen LogP contribution is -2.32. The van der Waals surface area contributed by atoms with E-state index in [1.165, 1.54) is 11.3 Å². The Labute approximate surface area is 240 Å². The largest absolute Gasteiger partial charge is 0.449 e. The van der Waals surface area contributed by atoms with Crippen molar-refractivity contribution in [1.82, 2.24) is 15.0 Å². The Morgan fingerprint density at radius 3 is 2.07 bits per heavy atom. The summed E-state index contributed by atoms with van der Waals surface area (Å²) in [6.07, 6.45) is -0.661. The molecular formula is C33H26N4O3S. The van der Waals surface area contributed by atoms with Crippen LogP contribution in [0.2, 0.25) is 0 Å². The number of thiazole rings is 1. The van der Waals surface area contributed by atoms with Gasteiger partial charge in [0.25, 0.3) is 5.91 Å². The number of aryl methyl sites for hydroxylation is 1. The van der Waals surface area contributed by atoms with E-state index in [9.17, 15) is 9.59 Å². The molecule has 41 heavy (non-hydrogen) atoms. The third kappa shape index (κ3) is 5.55. The predicted octanol–water partition coefficient (Wildman–Crippen LogP) is 7.46. The van der Waals surface area contributed by atoms with Gasteiger partial charge in [0.05, 0.1) is 38.2 Å². The summed E-state index contributed by atoms with van der Waals surface area (Å²) in [4.78, 5) is 40.5.